The van der Waals surface area contributed by atoms with Gasteiger partial charge in [0.1, 0.15) is 18.1 Å². The second-order valence-corrected chi connectivity index (χ2v) is 2.10. The molecule has 0 unspecified atom stereocenters. The van der Waals surface area contributed by atoms with E-state index in [2.05, 4.69) is 13.2 Å². The van der Waals surface area contributed by atoms with Crippen LogP contribution in [0.1, 0.15) is 17.1 Å². The molecule has 0 aromatic carbocycles. The molecule has 0 spiro atoms. The fourth-order valence-electron chi connectivity index (χ4n) is 0.871. The first-order valence-corrected chi connectivity index (χ1v) is 3.30. The summed E-state index contributed by atoms with van der Waals surface area (Å²) >= 11 is 0. The van der Waals surface area contributed by atoms with Crippen molar-refractivity contribution in [3.8, 4) is 0 Å². The highest BCUT2D eigenvalue weighted by atomic mass is 16.4. The molecular formula is C9H10O2. The van der Waals surface area contributed by atoms with Crippen LogP contribution in [-0.2, 0) is 6.61 Å². The molecule has 2 heteroatoms. The molecule has 0 saturated heterocycles. The molecule has 0 amide bonds. The topological polar surface area (TPSA) is 33.4 Å². The number of furan rings is 1. The minimum Gasteiger partial charge on any atom is -0.459 e. The maximum atomic E-state index is 8.70. The van der Waals surface area contributed by atoms with E-state index >= 15 is 0 Å². The van der Waals surface area contributed by atoms with Crippen molar-refractivity contribution in [2.45, 2.75) is 6.61 Å². The zero-order chi connectivity index (χ0) is 8.27. The van der Waals surface area contributed by atoms with Gasteiger partial charge >= 0.3 is 0 Å². The molecule has 1 N–H and O–H groups in total. The largest absolute Gasteiger partial charge is 0.459 e. The molecule has 11 heavy (non-hydrogen) atoms. The van der Waals surface area contributed by atoms with Crippen molar-refractivity contribution >= 4 is 12.2 Å². The molecule has 0 saturated carbocycles. The summed E-state index contributed by atoms with van der Waals surface area (Å²) in [5.41, 5.74) is 0.865. The highest BCUT2D eigenvalue weighted by Gasteiger charge is 2.03. The number of hydrogen-bond donors (Lipinski definition) is 1. The Balaban J connectivity index is 3.11. The summed E-state index contributed by atoms with van der Waals surface area (Å²) in [6.07, 6.45) is 3.26. The maximum Gasteiger partial charge on any atom is 0.133 e. The predicted molar refractivity (Wildman–Crippen MR) is 44.8 cm³/mol. The van der Waals surface area contributed by atoms with Crippen LogP contribution in [0.15, 0.2) is 23.6 Å². The molecule has 0 aliphatic rings. The summed E-state index contributed by atoms with van der Waals surface area (Å²) in [6.45, 7) is 7.07. The smallest absolute Gasteiger partial charge is 0.133 e. The summed E-state index contributed by atoms with van der Waals surface area (Å²) in [5.74, 6) is 1.19. The van der Waals surface area contributed by atoms with Crippen molar-refractivity contribution in [3.63, 3.8) is 0 Å². The Bertz CT molecular complexity index is 246. The molecule has 1 aromatic rings. The molecule has 58 valence electrons. The molecule has 0 aliphatic heterocycles. The summed E-state index contributed by atoms with van der Waals surface area (Å²) in [6, 6.07) is 1.74. The van der Waals surface area contributed by atoms with E-state index in [1.165, 1.54) is 0 Å². The van der Waals surface area contributed by atoms with Crippen LogP contribution in [0.5, 0.6) is 0 Å². The molecule has 0 radical (unpaired) electrons. The summed E-state index contributed by atoms with van der Waals surface area (Å²) < 4.78 is 5.16. The Labute approximate surface area is 65.5 Å². The van der Waals surface area contributed by atoms with Gasteiger partial charge in [-0.2, -0.15) is 0 Å². The van der Waals surface area contributed by atoms with E-state index < -0.39 is 0 Å². The number of hydrogen-bond acceptors (Lipinski definition) is 2. The first-order chi connectivity index (χ1) is 5.31. The summed E-state index contributed by atoms with van der Waals surface area (Å²) in [4.78, 5) is 0. The first-order valence-electron chi connectivity index (χ1n) is 3.30. The van der Waals surface area contributed by atoms with Crippen LogP contribution in [0.25, 0.3) is 12.2 Å². The third-order valence-corrected chi connectivity index (χ3v) is 1.40. The Morgan fingerprint density at radius 1 is 1.45 bits per heavy atom. The molecule has 0 atom stereocenters. The third kappa shape index (κ3) is 1.41. The number of aliphatic hydroxyl groups is 1. The van der Waals surface area contributed by atoms with Gasteiger partial charge in [0.25, 0.3) is 0 Å². The normalized spacial score (nSPS) is 9.55. The van der Waals surface area contributed by atoms with Gasteiger partial charge in [0.15, 0.2) is 0 Å². The first kappa shape index (κ1) is 7.82. The lowest BCUT2D eigenvalue weighted by molar-refractivity contribution is 0.246. The van der Waals surface area contributed by atoms with Crippen LogP contribution in [0, 0.1) is 0 Å². The highest BCUT2D eigenvalue weighted by molar-refractivity contribution is 5.59. The van der Waals surface area contributed by atoms with E-state index in [1.807, 2.05) is 0 Å². The number of aliphatic hydroxyl groups excluding tert-OH is 1. The van der Waals surface area contributed by atoms with Gasteiger partial charge in [0.2, 0.25) is 0 Å². The van der Waals surface area contributed by atoms with Gasteiger partial charge in [0, 0.05) is 5.56 Å². The van der Waals surface area contributed by atoms with Crippen molar-refractivity contribution in [1.82, 2.24) is 0 Å². The monoisotopic (exact) mass is 150 g/mol. The van der Waals surface area contributed by atoms with E-state index in [9.17, 15) is 0 Å². The minimum absolute atomic E-state index is 0.0886. The fraction of sp³-hybridized carbons (Fsp3) is 0.111. The van der Waals surface area contributed by atoms with Crippen LogP contribution in [0.3, 0.4) is 0 Å². The van der Waals surface area contributed by atoms with Gasteiger partial charge in [-0.3, -0.25) is 0 Å². The van der Waals surface area contributed by atoms with Gasteiger partial charge < -0.3 is 9.52 Å². The Morgan fingerprint density at radius 2 is 2.18 bits per heavy atom. The molecule has 1 heterocycles. The van der Waals surface area contributed by atoms with Crippen LogP contribution < -0.4 is 0 Å². The van der Waals surface area contributed by atoms with Gasteiger partial charge in [-0.15, -0.1) is 0 Å². The predicted octanol–water partition coefficient (Wildman–Crippen LogP) is 2.06. The average Bonchev–Trinajstić information content (AvgIpc) is 2.46. The summed E-state index contributed by atoms with van der Waals surface area (Å²) in [7, 11) is 0. The molecule has 1 rings (SSSR count). The quantitative estimate of drug-likeness (QED) is 0.715. The van der Waals surface area contributed by atoms with Crippen molar-refractivity contribution in [2.75, 3.05) is 0 Å². The van der Waals surface area contributed by atoms with Crippen LogP contribution in [-0.4, -0.2) is 5.11 Å². The Morgan fingerprint density at radius 3 is 2.55 bits per heavy atom. The van der Waals surface area contributed by atoms with Gasteiger partial charge in [-0.05, 0) is 12.1 Å². The summed E-state index contributed by atoms with van der Waals surface area (Å²) in [5, 5.41) is 8.70. The molecule has 1 aromatic heterocycles. The molecule has 2 nitrogen and oxygen atoms in total. The lowest BCUT2D eigenvalue weighted by Gasteiger charge is -1.85. The van der Waals surface area contributed by atoms with Crippen molar-refractivity contribution in [1.29, 1.82) is 0 Å². The average molecular weight is 150 g/mol. The van der Waals surface area contributed by atoms with E-state index in [-0.39, 0.29) is 6.61 Å². The minimum atomic E-state index is -0.0886. The van der Waals surface area contributed by atoms with Crippen LogP contribution in [0.2, 0.25) is 0 Å². The Hall–Kier alpha value is -1.28. The van der Waals surface area contributed by atoms with Crippen molar-refractivity contribution < 1.29 is 9.52 Å². The van der Waals surface area contributed by atoms with E-state index in [0.717, 1.165) is 5.56 Å². The lowest BCUT2D eigenvalue weighted by Crippen LogP contribution is -1.73. The van der Waals surface area contributed by atoms with Gasteiger partial charge in [-0.1, -0.05) is 19.2 Å². The molecule has 0 fully saturated rings. The third-order valence-electron chi connectivity index (χ3n) is 1.40. The highest BCUT2D eigenvalue weighted by Crippen LogP contribution is 2.17. The van der Waals surface area contributed by atoms with Crippen LogP contribution >= 0.6 is 0 Å². The Kier molecular flexibility index (Phi) is 2.28. The van der Waals surface area contributed by atoms with Crippen molar-refractivity contribution in [3.05, 3.63) is 36.3 Å². The van der Waals surface area contributed by atoms with E-state index in [1.54, 1.807) is 18.2 Å². The maximum absolute atomic E-state index is 8.70. The SMILES string of the molecule is C=Cc1cc(CO)oc1C=C. The number of rotatable bonds is 3. The molecule has 0 bridgehead atoms. The van der Waals surface area contributed by atoms with E-state index in [4.69, 9.17) is 9.52 Å². The second kappa shape index (κ2) is 3.21. The van der Waals surface area contributed by atoms with Crippen molar-refractivity contribution in [2.24, 2.45) is 0 Å². The fourth-order valence-corrected chi connectivity index (χ4v) is 0.871. The molecular weight excluding hydrogens is 140 g/mol. The van der Waals surface area contributed by atoms with Gasteiger partial charge in [0.05, 0.1) is 0 Å². The zero-order valence-corrected chi connectivity index (χ0v) is 6.21. The molecule has 0 aliphatic carbocycles. The van der Waals surface area contributed by atoms with Gasteiger partial charge in [-0.25, -0.2) is 0 Å². The van der Waals surface area contributed by atoms with Crippen LogP contribution in [0.4, 0.5) is 0 Å². The standard InChI is InChI=1S/C9H10O2/c1-3-7-5-8(6-10)11-9(7)4-2/h3-5,10H,1-2,6H2. The zero-order valence-electron chi connectivity index (χ0n) is 6.21. The lowest BCUT2D eigenvalue weighted by atomic mass is 10.2. The van der Waals surface area contributed by atoms with E-state index in [0.29, 0.717) is 11.5 Å². The second-order valence-electron chi connectivity index (χ2n) is 2.10.